The summed E-state index contributed by atoms with van der Waals surface area (Å²) in [7, 11) is 0. The van der Waals surface area contributed by atoms with Gasteiger partial charge in [-0.05, 0) is 42.4 Å². The zero-order valence-electron chi connectivity index (χ0n) is 10.4. The maximum Gasteiger partial charge on any atom is 0.156 e. The molecule has 2 nitrogen and oxygen atoms in total. The zero-order valence-corrected chi connectivity index (χ0v) is 11.2. The van der Waals surface area contributed by atoms with Gasteiger partial charge >= 0.3 is 0 Å². The summed E-state index contributed by atoms with van der Waals surface area (Å²) in [5.74, 6) is 2.25. The molecule has 3 rings (SSSR count). The lowest BCUT2D eigenvalue weighted by Gasteiger charge is -2.28. The average molecular weight is 238 g/mol. The Kier molecular flexibility index (Phi) is 2.50. The van der Waals surface area contributed by atoms with E-state index in [0.29, 0.717) is 10.8 Å². The van der Waals surface area contributed by atoms with E-state index in [1.807, 2.05) is 11.8 Å². The van der Waals surface area contributed by atoms with Crippen molar-refractivity contribution in [3.05, 3.63) is 0 Å². The molecule has 90 valence electrons. The van der Waals surface area contributed by atoms with Gasteiger partial charge in [-0.2, -0.15) is 0 Å². The van der Waals surface area contributed by atoms with Crippen LogP contribution >= 0.6 is 11.8 Å². The van der Waals surface area contributed by atoms with Gasteiger partial charge in [-0.3, -0.25) is 4.99 Å². The summed E-state index contributed by atoms with van der Waals surface area (Å²) < 4.78 is 0. The van der Waals surface area contributed by atoms with E-state index in [1.54, 1.807) is 0 Å². The molecule has 2 fully saturated rings. The van der Waals surface area contributed by atoms with E-state index in [0.717, 1.165) is 12.5 Å². The van der Waals surface area contributed by atoms with Crippen molar-refractivity contribution < 1.29 is 0 Å². The van der Waals surface area contributed by atoms with E-state index in [2.05, 4.69) is 24.2 Å². The summed E-state index contributed by atoms with van der Waals surface area (Å²) >= 11 is 1.91. The number of thioether (sulfide) groups is 1. The summed E-state index contributed by atoms with van der Waals surface area (Å²) in [5, 5.41) is 4.80. The number of nitrogens with one attached hydrogen (secondary N) is 1. The molecule has 0 unspecified atom stereocenters. The van der Waals surface area contributed by atoms with Gasteiger partial charge < -0.3 is 5.32 Å². The first-order chi connectivity index (χ1) is 7.60. The molecule has 1 aliphatic heterocycles. The van der Waals surface area contributed by atoms with E-state index in [4.69, 9.17) is 0 Å². The molecule has 2 saturated carbocycles. The molecule has 2 aliphatic carbocycles. The lowest BCUT2D eigenvalue weighted by atomic mass is 9.97. The second-order valence-corrected chi connectivity index (χ2v) is 7.53. The van der Waals surface area contributed by atoms with E-state index < -0.39 is 0 Å². The molecule has 0 aromatic rings. The van der Waals surface area contributed by atoms with Crippen molar-refractivity contribution in [2.24, 2.45) is 21.7 Å². The van der Waals surface area contributed by atoms with Crippen LogP contribution in [0.3, 0.4) is 0 Å². The van der Waals surface area contributed by atoms with Gasteiger partial charge in [0.25, 0.3) is 0 Å². The SMILES string of the molecule is CC1(C)CN=C(NCC2(C3CC3)CC2)SC1. The molecule has 1 heterocycles. The Morgan fingerprint density at radius 1 is 1.38 bits per heavy atom. The number of aliphatic imine (C=N–C) groups is 1. The molecular formula is C13H22N2S. The van der Waals surface area contributed by atoms with Crippen molar-refractivity contribution in [2.75, 3.05) is 18.8 Å². The fourth-order valence-corrected chi connectivity index (χ4v) is 3.53. The van der Waals surface area contributed by atoms with Gasteiger partial charge in [-0.15, -0.1) is 0 Å². The van der Waals surface area contributed by atoms with Gasteiger partial charge in [0.1, 0.15) is 0 Å². The summed E-state index contributed by atoms with van der Waals surface area (Å²) in [6, 6.07) is 0. The van der Waals surface area contributed by atoms with Crippen LogP contribution in [0.1, 0.15) is 39.5 Å². The number of hydrogen-bond donors (Lipinski definition) is 1. The summed E-state index contributed by atoms with van der Waals surface area (Å²) in [6.45, 7) is 6.77. The van der Waals surface area contributed by atoms with Crippen LogP contribution in [0.4, 0.5) is 0 Å². The molecule has 3 heteroatoms. The quantitative estimate of drug-likeness (QED) is 0.817. The Bertz CT molecular complexity index is 314. The standard InChI is InChI=1S/C13H22N2S/c1-12(2)7-14-11(16-9-12)15-8-13(5-6-13)10-3-4-10/h10H,3-9H2,1-2H3,(H,14,15). The van der Waals surface area contributed by atoms with E-state index >= 15 is 0 Å². The molecule has 0 aromatic carbocycles. The first kappa shape index (κ1) is 10.9. The second-order valence-electron chi connectivity index (χ2n) is 6.56. The van der Waals surface area contributed by atoms with E-state index in [1.165, 1.54) is 43.1 Å². The molecular weight excluding hydrogens is 216 g/mol. The first-order valence-corrected chi connectivity index (χ1v) is 7.49. The zero-order chi connectivity index (χ0) is 11.2. The minimum absolute atomic E-state index is 0.392. The van der Waals surface area contributed by atoms with Crippen LogP contribution in [0.5, 0.6) is 0 Å². The normalized spacial score (nSPS) is 30.8. The summed E-state index contributed by atoms with van der Waals surface area (Å²) in [4.78, 5) is 4.66. The van der Waals surface area contributed by atoms with Crippen LogP contribution in [0, 0.1) is 16.7 Å². The van der Waals surface area contributed by atoms with Crippen molar-refractivity contribution in [3.63, 3.8) is 0 Å². The number of nitrogens with zero attached hydrogens (tertiary/aromatic N) is 1. The lowest BCUT2D eigenvalue weighted by molar-refractivity contribution is 0.425. The van der Waals surface area contributed by atoms with Crippen LogP contribution in [-0.2, 0) is 0 Å². The fourth-order valence-electron chi connectivity index (χ4n) is 2.59. The monoisotopic (exact) mass is 238 g/mol. The van der Waals surface area contributed by atoms with Gasteiger partial charge in [-0.1, -0.05) is 25.6 Å². The maximum atomic E-state index is 4.66. The highest BCUT2D eigenvalue weighted by Crippen LogP contribution is 2.60. The highest BCUT2D eigenvalue weighted by atomic mass is 32.2. The first-order valence-electron chi connectivity index (χ1n) is 6.51. The molecule has 3 aliphatic rings. The molecule has 0 spiro atoms. The third-order valence-electron chi connectivity index (χ3n) is 4.18. The van der Waals surface area contributed by atoms with Crippen molar-refractivity contribution >= 4 is 16.9 Å². The topological polar surface area (TPSA) is 24.4 Å². The summed E-state index contributed by atoms with van der Waals surface area (Å²) in [6.07, 6.45) is 5.87. The van der Waals surface area contributed by atoms with Crippen LogP contribution in [0.15, 0.2) is 4.99 Å². The number of amidine groups is 1. The maximum absolute atomic E-state index is 4.66. The Morgan fingerprint density at radius 2 is 2.12 bits per heavy atom. The van der Waals surface area contributed by atoms with E-state index in [9.17, 15) is 0 Å². The Morgan fingerprint density at radius 3 is 2.62 bits per heavy atom. The third kappa shape index (κ3) is 2.24. The van der Waals surface area contributed by atoms with Gasteiger partial charge in [0, 0.05) is 18.8 Å². The number of hydrogen-bond acceptors (Lipinski definition) is 3. The lowest BCUT2D eigenvalue weighted by Crippen LogP contribution is -2.34. The van der Waals surface area contributed by atoms with Crippen LogP contribution < -0.4 is 5.32 Å². The van der Waals surface area contributed by atoms with Crippen molar-refractivity contribution in [2.45, 2.75) is 39.5 Å². The smallest absolute Gasteiger partial charge is 0.156 e. The minimum Gasteiger partial charge on any atom is -0.364 e. The fraction of sp³-hybridized carbons (Fsp3) is 0.923. The predicted octanol–water partition coefficient (Wildman–Crippen LogP) is 2.90. The van der Waals surface area contributed by atoms with Crippen molar-refractivity contribution in [1.29, 1.82) is 0 Å². The average Bonchev–Trinajstić information content (AvgIpc) is 3.10. The van der Waals surface area contributed by atoms with E-state index in [-0.39, 0.29) is 0 Å². The Labute approximate surface area is 103 Å². The highest BCUT2D eigenvalue weighted by Gasteiger charge is 2.53. The third-order valence-corrected chi connectivity index (χ3v) is 5.65. The highest BCUT2D eigenvalue weighted by molar-refractivity contribution is 8.13. The van der Waals surface area contributed by atoms with Crippen LogP contribution in [0.2, 0.25) is 0 Å². The molecule has 0 amide bonds. The van der Waals surface area contributed by atoms with Crippen LogP contribution in [0.25, 0.3) is 0 Å². The molecule has 0 atom stereocenters. The molecule has 16 heavy (non-hydrogen) atoms. The number of rotatable bonds is 3. The Hall–Kier alpha value is -0.180. The molecule has 0 saturated heterocycles. The van der Waals surface area contributed by atoms with Gasteiger partial charge in [-0.25, -0.2) is 0 Å². The Balaban J connectivity index is 1.51. The van der Waals surface area contributed by atoms with Crippen molar-refractivity contribution in [3.8, 4) is 0 Å². The largest absolute Gasteiger partial charge is 0.364 e. The molecule has 0 aromatic heterocycles. The second kappa shape index (κ2) is 3.66. The van der Waals surface area contributed by atoms with Crippen LogP contribution in [-0.4, -0.2) is 24.0 Å². The summed E-state index contributed by atoms with van der Waals surface area (Å²) in [5.41, 5.74) is 1.08. The molecule has 1 N–H and O–H groups in total. The molecule has 0 bridgehead atoms. The molecule has 0 radical (unpaired) electrons. The van der Waals surface area contributed by atoms with Gasteiger partial charge in [0.2, 0.25) is 0 Å². The van der Waals surface area contributed by atoms with Gasteiger partial charge in [0.05, 0.1) is 0 Å². The van der Waals surface area contributed by atoms with Gasteiger partial charge in [0.15, 0.2) is 5.17 Å². The minimum atomic E-state index is 0.392. The van der Waals surface area contributed by atoms with Crippen molar-refractivity contribution in [1.82, 2.24) is 5.32 Å². The predicted molar refractivity (Wildman–Crippen MR) is 70.9 cm³/mol.